The number of carboxylic acid groups (broad SMARTS) is 1. The van der Waals surface area contributed by atoms with Gasteiger partial charge >= 0.3 is 24.2 Å². The molecule has 200 valence electrons. The molecule has 3 amide bonds. The number of carbonyl (C=O) groups excluding carboxylic acids is 4. The van der Waals surface area contributed by atoms with E-state index in [2.05, 4.69) is 16.0 Å². The summed E-state index contributed by atoms with van der Waals surface area (Å²) in [5.74, 6) is -1.10. The van der Waals surface area contributed by atoms with E-state index < -0.39 is 47.6 Å². The van der Waals surface area contributed by atoms with Gasteiger partial charge < -0.3 is 45.2 Å². The van der Waals surface area contributed by atoms with Gasteiger partial charge in [0.1, 0.15) is 29.6 Å². The molecule has 0 aliphatic carbocycles. The molecular weight excluding hydrogens is 454 g/mol. The monoisotopic (exact) mass is 495 g/mol. The van der Waals surface area contributed by atoms with Crippen molar-refractivity contribution in [2.24, 2.45) is 0 Å². The topological polar surface area (TPSA) is 190 Å². The van der Waals surface area contributed by atoms with E-state index in [0.717, 1.165) is 0 Å². The summed E-state index contributed by atoms with van der Waals surface area (Å²) in [6.45, 7) is 15.5. The SMILES string of the molecule is CC(C)(C)OC(=O)NCC(=O)O.CC(C)(C)OC(=O)NCC=O.CC(C)(C)OC(=O)NCCO. The molecule has 0 heterocycles. The maximum atomic E-state index is 10.8. The highest BCUT2D eigenvalue weighted by Gasteiger charge is 2.17. The minimum atomic E-state index is -1.10. The Morgan fingerprint density at radius 3 is 1.35 bits per heavy atom. The van der Waals surface area contributed by atoms with Crippen LogP contribution in [-0.2, 0) is 23.8 Å². The van der Waals surface area contributed by atoms with Crippen LogP contribution in [0.3, 0.4) is 0 Å². The van der Waals surface area contributed by atoms with Gasteiger partial charge in [-0.2, -0.15) is 0 Å². The number of aliphatic hydroxyl groups excluding tert-OH is 1. The third-order valence-electron chi connectivity index (χ3n) is 2.29. The second-order valence-electron chi connectivity index (χ2n) is 9.45. The van der Waals surface area contributed by atoms with Gasteiger partial charge in [0.25, 0.3) is 0 Å². The molecule has 0 fully saturated rings. The summed E-state index contributed by atoms with van der Waals surface area (Å²) in [7, 11) is 0. The Bertz CT molecular complexity index is 632. The van der Waals surface area contributed by atoms with Crippen LogP contribution in [0.4, 0.5) is 14.4 Å². The second kappa shape index (κ2) is 17.4. The molecule has 0 saturated carbocycles. The largest absolute Gasteiger partial charge is 0.480 e. The first-order valence-corrected chi connectivity index (χ1v) is 10.4. The number of hydrogen-bond acceptors (Lipinski definition) is 9. The zero-order valence-corrected chi connectivity index (χ0v) is 21.6. The number of alkyl carbamates (subject to hydrolysis) is 3. The number of aliphatic carboxylic acids is 1. The Morgan fingerprint density at radius 2 is 1.06 bits per heavy atom. The van der Waals surface area contributed by atoms with Crippen molar-refractivity contribution in [2.45, 2.75) is 79.1 Å². The Kier molecular flexibility index (Phi) is 18.2. The Balaban J connectivity index is -0.000000425. The molecule has 0 atom stereocenters. The molecule has 0 aromatic carbocycles. The normalized spacial score (nSPS) is 10.6. The molecule has 0 aliphatic heterocycles. The summed E-state index contributed by atoms with van der Waals surface area (Å²) in [5.41, 5.74) is -1.57. The average Bonchev–Trinajstić information content (AvgIpc) is 2.60. The molecule has 0 aromatic heterocycles. The number of aldehydes is 1. The fourth-order valence-corrected chi connectivity index (χ4v) is 1.37. The molecule has 0 unspecified atom stereocenters. The third kappa shape index (κ3) is 36.3. The molecule has 34 heavy (non-hydrogen) atoms. The van der Waals surface area contributed by atoms with Crippen molar-refractivity contribution in [2.75, 3.05) is 26.2 Å². The second-order valence-corrected chi connectivity index (χ2v) is 9.45. The molecule has 13 nitrogen and oxygen atoms in total. The summed E-state index contributed by atoms with van der Waals surface area (Å²) in [6.07, 6.45) is -1.18. The van der Waals surface area contributed by atoms with Crippen LogP contribution in [0.25, 0.3) is 0 Å². The summed E-state index contributed by atoms with van der Waals surface area (Å²) in [6, 6.07) is 0. The smallest absolute Gasteiger partial charge is 0.408 e. The maximum Gasteiger partial charge on any atom is 0.408 e. The number of carbonyl (C=O) groups is 5. The lowest BCUT2D eigenvalue weighted by Gasteiger charge is -2.19. The van der Waals surface area contributed by atoms with E-state index in [4.69, 9.17) is 24.4 Å². The fourth-order valence-electron chi connectivity index (χ4n) is 1.37. The van der Waals surface area contributed by atoms with Gasteiger partial charge in [-0.3, -0.25) is 4.79 Å². The number of rotatable bonds is 6. The molecule has 0 saturated heterocycles. The number of nitrogens with one attached hydrogen (secondary N) is 3. The average molecular weight is 496 g/mol. The molecule has 0 bridgehead atoms. The van der Waals surface area contributed by atoms with E-state index in [9.17, 15) is 24.0 Å². The van der Waals surface area contributed by atoms with Crippen LogP contribution in [0.15, 0.2) is 0 Å². The van der Waals surface area contributed by atoms with Crippen molar-refractivity contribution >= 4 is 30.5 Å². The quantitative estimate of drug-likeness (QED) is 0.268. The van der Waals surface area contributed by atoms with Gasteiger partial charge in [0.05, 0.1) is 13.2 Å². The molecule has 0 rings (SSSR count). The van der Waals surface area contributed by atoms with Crippen LogP contribution in [0.2, 0.25) is 0 Å². The molecule has 0 radical (unpaired) electrons. The Hall–Kier alpha value is -3.09. The first-order valence-electron chi connectivity index (χ1n) is 10.4. The first kappa shape index (κ1) is 35.5. The number of amides is 3. The number of ether oxygens (including phenoxy) is 3. The number of aliphatic hydroxyl groups is 1. The number of hydrogen-bond donors (Lipinski definition) is 5. The highest BCUT2D eigenvalue weighted by molar-refractivity contribution is 5.76. The predicted molar refractivity (Wildman–Crippen MR) is 123 cm³/mol. The standard InChI is InChI=1S/C7H13NO4.C7H15NO3.C7H13NO3/c1-7(2,3)12-6(11)8-4-5(9)10;2*1-7(2,3)11-6(10)8-4-5-9/h4H2,1-3H3,(H,8,11)(H,9,10);9H,4-5H2,1-3H3,(H,8,10);5H,4H2,1-3H3,(H,8,10). The lowest BCUT2D eigenvalue weighted by atomic mass is 10.2. The zero-order valence-electron chi connectivity index (χ0n) is 21.6. The Labute approximate surface area is 200 Å². The van der Waals surface area contributed by atoms with Crippen molar-refractivity contribution in [3.63, 3.8) is 0 Å². The molecule has 13 heteroatoms. The lowest BCUT2D eigenvalue weighted by Crippen LogP contribution is -2.35. The van der Waals surface area contributed by atoms with Crippen LogP contribution < -0.4 is 16.0 Å². The fraction of sp³-hybridized carbons (Fsp3) is 0.762. The highest BCUT2D eigenvalue weighted by atomic mass is 16.6. The summed E-state index contributed by atoms with van der Waals surface area (Å²) >= 11 is 0. The number of carboxylic acids is 1. The van der Waals surface area contributed by atoms with Crippen molar-refractivity contribution in [1.82, 2.24) is 16.0 Å². The van der Waals surface area contributed by atoms with E-state index in [1.807, 2.05) is 0 Å². The minimum absolute atomic E-state index is 0.00505. The van der Waals surface area contributed by atoms with Crippen molar-refractivity contribution < 1.29 is 48.4 Å². The van der Waals surface area contributed by atoms with E-state index in [1.165, 1.54) is 0 Å². The summed E-state index contributed by atoms with van der Waals surface area (Å²) < 4.78 is 14.5. The molecule has 0 aromatic rings. The van der Waals surface area contributed by atoms with Gasteiger partial charge in [0, 0.05) is 6.54 Å². The van der Waals surface area contributed by atoms with Crippen LogP contribution in [0, 0.1) is 0 Å². The minimum Gasteiger partial charge on any atom is -0.480 e. The van der Waals surface area contributed by atoms with Gasteiger partial charge in [0.2, 0.25) is 0 Å². The van der Waals surface area contributed by atoms with Gasteiger partial charge in [-0.25, -0.2) is 14.4 Å². The van der Waals surface area contributed by atoms with Crippen molar-refractivity contribution in [3.05, 3.63) is 0 Å². The lowest BCUT2D eigenvalue weighted by molar-refractivity contribution is -0.136. The van der Waals surface area contributed by atoms with E-state index in [1.54, 1.807) is 62.3 Å². The third-order valence-corrected chi connectivity index (χ3v) is 2.29. The molecule has 5 N–H and O–H groups in total. The molecule has 0 spiro atoms. The first-order chi connectivity index (χ1) is 15.2. The van der Waals surface area contributed by atoms with Crippen LogP contribution in [-0.4, -0.2) is 83.8 Å². The summed E-state index contributed by atoms with van der Waals surface area (Å²) in [5, 5.41) is 23.2. The van der Waals surface area contributed by atoms with Gasteiger partial charge in [-0.15, -0.1) is 0 Å². The van der Waals surface area contributed by atoms with E-state index in [0.29, 0.717) is 6.29 Å². The van der Waals surface area contributed by atoms with Crippen molar-refractivity contribution in [1.29, 1.82) is 0 Å². The predicted octanol–water partition coefficient (Wildman–Crippen LogP) is 1.81. The van der Waals surface area contributed by atoms with Crippen LogP contribution in [0.1, 0.15) is 62.3 Å². The maximum absolute atomic E-state index is 10.8. The van der Waals surface area contributed by atoms with Crippen LogP contribution in [0.5, 0.6) is 0 Å². The van der Waals surface area contributed by atoms with Gasteiger partial charge in [-0.1, -0.05) is 0 Å². The molecule has 0 aliphatic rings. The summed E-state index contributed by atoms with van der Waals surface area (Å²) in [4.78, 5) is 52.1. The highest BCUT2D eigenvalue weighted by Crippen LogP contribution is 2.07. The zero-order chi connectivity index (χ0) is 27.6. The van der Waals surface area contributed by atoms with Crippen molar-refractivity contribution in [3.8, 4) is 0 Å². The van der Waals surface area contributed by atoms with E-state index >= 15 is 0 Å². The molecular formula is C21H41N3O10. The van der Waals surface area contributed by atoms with Gasteiger partial charge in [0.15, 0.2) is 0 Å². The Morgan fingerprint density at radius 1 is 0.706 bits per heavy atom. The van der Waals surface area contributed by atoms with Crippen LogP contribution >= 0.6 is 0 Å². The van der Waals surface area contributed by atoms with Gasteiger partial charge in [-0.05, 0) is 62.3 Å². The van der Waals surface area contributed by atoms with E-state index in [-0.39, 0.29) is 19.7 Å².